The van der Waals surface area contributed by atoms with Gasteiger partial charge in [0.1, 0.15) is 5.75 Å². The van der Waals surface area contributed by atoms with Crippen LogP contribution in [0.1, 0.15) is 29.3 Å². The summed E-state index contributed by atoms with van der Waals surface area (Å²) in [6.07, 6.45) is 0.239. The van der Waals surface area contributed by atoms with Crippen molar-refractivity contribution in [3.05, 3.63) is 65.7 Å². The van der Waals surface area contributed by atoms with Gasteiger partial charge >= 0.3 is 5.97 Å². The van der Waals surface area contributed by atoms with E-state index < -0.39 is 11.4 Å². The lowest BCUT2D eigenvalue weighted by Gasteiger charge is -2.24. The molecule has 4 heteroatoms. The van der Waals surface area contributed by atoms with Gasteiger partial charge in [0, 0.05) is 12.0 Å². The Morgan fingerprint density at radius 2 is 1.65 bits per heavy atom. The van der Waals surface area contributed by atoms with Crippen LogP contribution in [0.3, 0.4) is 0 Å². The lowest BCUT2D eigenvalue weighted by Crippen LogP contribution is -2.32. The highest BCUT2D eigenvalue weighted by Gasteiger charge is 2.36. The molecular formula is C19H20O4. The first-order valence-electron chi connectivity index (χ1n) is 7.39. The van der Waals surface area contributed by atoms with Gasteiger partial charge in [-0.2, -0.15) is 0 Å². The Morgan fingerprint density at radius 3 is 2.17 bits per heavy atom. The Bertz CT molecular complexity index is 676. The number of hydrogen-bond donors (Lipinski definition) is 1. The minimum atomic E-state index is -1.15. The van der Waals surface area contributed by atoms with Crippen molar-refractivity contribution < 1.29 is 19.4 Å². The molecule has 2 aromatic carbocycles. The molecule has 0 heterocycles. The van der Waals surface area contributed by atoms with Gasteiger partial charge < -0.3 is 9.84 Å². The quantitative estimate of drug-likeness (QED) is 0.793. The molecule has 120 valence electrons. The van der Waals surface area contributed by atoms with Gasteiger partial charge in [-0.15, -0.1) is 0 Å². The van der Waals surface area contributed by atoms with Crippen LogP contribution < -0.4 is 4.74 Å². The summed E-state index contributed by atoms with van der Waals surface area (Å²) in [7, 11) is 1.58. The Balaban J connectivity index is 2.18. The topological polar surface area (TPSA) is 63.6 Å². The van der Waals surface area contributed by atoms with Crippen LogP contribution in [-0.2, 0) is 11.2 Å². The van der Waals surface area contributed by atoms with Crippen LogP contribution >= 0.6 is 0 Å². The highest BCUT2D eigenvalue weighted by Crippen LogP contribution is 2.29. The fourth-order valence-electron chi connectivity index (χ4n) is 2.49. The fraction of sp³-hybridized carbons (Fsp3) is 0.263. The third-order valence-corrected chi connectivity index (χ3v) is 3.92. The van der Waals surface area contributed by atoms with Crippen molar-refractivity contribution in [3.63, 3.8) is 0 Å². The molecule has 0 radical (unpaired) electrons. The molecule has 1 atom stereocenters. The largest absolute Gasteiger partial charge is 0.497 e. The average Bonchev–Trinajstić information content (AvgIpc) is 2.56. The maximum Gasteiger partial charge on any atom is 0.310 e. The van der Waals surface area contributed by atoms with Crippen LogP contribution in [0.4, 0.5) is 0 Å². The summed E-state index contributed by atoms with van der Waals surface area (Å²) in [5.41, 5.74) is 0.243. The van der Waals surface area contributed by atoms with Crippen molar-refractivity contribution >= 4 is 11.8 Å². The summed E-state index contributed by atoms with van der Waals surface area (Å²) in [5, 5.41) is 9.61. The highest BCUT2D eigenvalue weighted by atomic mass is 16.5. The predicted molar refractivity (Wildman–Crippen MR) is 87.8 cm³/mol. The normalized spacial score (nSPS) is 13.1. The van der Waals surface area contributed by atoms with Gasteiger partial charge in [0.05, 0.1) is 12.5 Å². The van der Waals surface area contributed by atoms with Crippen LogP contribution in [0, 0.1) is 5.41 Å². The minimum absolute atomic E-state index is 0.0433. The minimum Gasteiger partial charge on any atom is -0.497 e. The molecule has 0 aliphatic heterocycles. The van der Waals surface area contributed by atoms with Crippen molar-refractivity contribution in [2.45, 2.75) is 19.8 Å². The molecule has 1 N–H and O–H groups in total. The van der Waals surface area contributed by atoms with E-state index in [1.54, 1.807) is 50.4 Å². The van der Waals surface area contributed by atoms with E-state index in [1.165, 1.54) is 0 Å². The second-order valence-electron chi connectivity index (χ2n) is 5.86. The number of carboxylic acid groups (broad SMARTS) is 1. The van der Waals surface area contributed by atoms with E-state index in [0.717, 1.165) is 5.56 Å². The smallest absolute Gasteiger partial charge is 0.310 e. The van der Waals surface area contributed by atoms with E-state index in [1.807, 2.05) is 18.2 Å². The maximum absolute atomic E-state index is 12.4. The first kappa shape index (κ1) is 16.7. The SMILES string of the molecule is COc1ccc(C[C@](C)(CC(=O)c2ccccc2)C(=O)O)cc1. The summed E-state index contributed by atoms with van der Waals surface area (Å²) in [6, 6.07) is 16.0. The number of carbonyl (C=O) groups excluding carboxylic acids is 1. The van der Waals surface area contributed by atoms with Gasteiger partial charge in [0.25, 0.3) is 0 Å². The summed E-state index contributed by atoms with van der Waals surface area (Å²) < 4.78 is 5.10. The second-order valence-corrected chi connectivity index (χ2v) is 5.86. The third-order valence-electron chi connectivity index (χ3n) is 3.92. The third kappa shape index (κ3) is 4.19. The molecule has 4 nitrogen and oxygen atoms in total. The zero-order valence-electron chi connectivity index (χ0n) is 13.3. The average molecular weight is 312 g/mol. The van der Waals surface area contributed by atoms with Crippen LogP contribution in [-0.4, -0.2) is 24.0 Å². The molecule has 0 saturated heterocycles. The monoisotopic (exact) mass is 312 g/mol. The van der Waals surface area contributed by atoms with Crippen LogP contribution in [0.25, 0.3) is 0 Å². The van der Waals surface area contributed by atoms with Crippen LogP contribution in [0.5, 0.6) is 5.75 Å². The molecule has 0 aliphatic carbocycles. The molecule has 2 aromatic rings. The number of carbonyl (C=O) groups is 2. The molecule has 0 spiro atoms. The number of methoxy groups -OCH3 is 1. The Labute approximate surface area is 135 Å². The lowest BCUT2D eigenvalue weighted by molar-refractivity contribution is -0.147. The Morgan fingerprint density at radius 1 is 1.04 bits per heavy atom. The molecular weight excluding hydrogens is 292 g/mol. The Kier molecular flexibility index (Phi) is 5.16. The zero-order chi connectivity index (χ0) is 16.9. The molecule has 0 unspecified atom stereocenters. The van der Waals surface area contributed by atoms with E-state index in [-0.39, 0.29) is 18.6 Å². The molecule has 0 aromatic heterocycles. The van der Waals surface area contributed by atoms with Crippen LogP contribution in [0.15, 0.2) is 54.6 Å². The maximum atomic E-state index is 12.4. The summed E-state index contributed by atoms with van der Waals surface area (Å²) in [5.74, 6) is -0.423. The molecule has 2 rings (SSSR count). The van der Waals surface area contributed by atoms with Gasteiger partial charge in [-0.1, -0.05) is 42.5 Å². The molecule has 0 fully saturated rings. The highest BCUT2D eigenvalue weighted by molar-refractivity contribution is 5.98. The number of ketones is 1. The van der Waals surface area contributed by atoms with Gasteiger partial charge in [-0.25, -0.2) is 0 Å². The Hall–Kier alpha value is -2.62. The molecule has 0 bridgehead atoms. The molecule has 0 aliphatic rings. The number of carboxylic acids is 1. The van der Waals surface area contributed by atoms with E-state index in [0.29, 0.717) is 11.3 Å². The van der Waals surface area contributed by atoms with Crippen molar-refractivity contribution in [1.29, 1.82) is 0 Å². The first-order valence-corrected chi connectivity index (χ1v) is 7.39. The number of Topliss-reactive ketones (excluding diaryl/α,β-unsaturated/α-hetero) is 1. The summed E-state index contributed by atoms with van der Waals surface area (Å²) in [6.45, 7) is 1.61. The zero-order valence-corrected chi connectivity index (χ0v) is 13.3. The van der Waals surface area contributed by atoms with Crippen molar-refractivity contribution in [3.8, 4) is 5.75 Å². The molecule has 23 heavy (non-hydrogen) atoms. The predicted octanol–water partition coefficient (Wildman–Crippen LogP) is 3.60. The van der Waals surface area contributed by atoms with Crippen molar-refractivity contribution in [1.82, 2.24) is 0 Å². The molecule has 0 saturated carbocycles. The summed E-state index contributed by atoms with van der Waals surface area (Å²) >= 11 is 0. The van der Waals surface area contributed by atoms with E-state index >= 15 is 0 Å². The number of ether oxygens (including phenoxy) is 1. The standard InChI is InChI=1S/C19H20O4/c1-19(18(21)22,12-14-8-10-16(23-2)11-9-14)13-17(20)15-6-4-3-5-7-15/h3-11H,12-13H2,1-2H3,(H,21,22)/t19-/m1/s1. The van der Waals surface area contributed by atoms with Crippen LogP contribution in [0.2, 0.25) is 0 Å². The van der Waals surface area contributed by atoms with Gasteiger partial charge in [0.2, 0.25) is 0 Å². The lowest BCUT2D eigenvalue weighted by atomic mass is 9.78. The number of hydrogen-bond acceptors (Lipinski definition) is 3. The van der Waals surface area contributed by atoms with Crippen molar-refractivity contribution in [2.24, 2.45) is 5.41 Å². The van der Waals surface area contributed by atoms with E-state index in [2.05, 4.69) is 0 Å². The van der Waals surface area contributed by atoms with E-state index in [9.17, 15) is 14.7 Å². The summed E-state index contributed by atoms with van der Waals surface area (Å²) in [4.78, 5) is 24.1. The van der Waals surface area contributed by atoms with E-state index in [4.69, 9.17) is 4.74 Å². The second kappa shape index (κ2) is 7.09. The number of benzene rings is 2. The first-order chi connectivity index (χ1) is 10.9. The number of rotatable bonds is 7. The van der Waals surface area contributed by atoms with Crippen molar-refractivity contribution in [2.75, 3.05) is 7.11 Å². The number of aliphatic carboxylic acids is 1. The van der Waals surface area contributed by atoms with Gasteiger partial charge in [0.15, 0.2) is 5.78 Å². The fourth-order valence-corrected chi connectivity index (χ4v) is 2.49. The van der Waals surface area contributed by atoms with Gasteiger partial charge in [-0.3, -0.25) is 9.59 Å². The molecule has 0 amide bonds. The van der Waals surface area contributed by atoms with Gasteiger partial charge in [-0.05, 0) is 31.0 Å².